The molecular formula is C10H12N4S. The van der Waals surface area contributed by atoms with Crippen molar-refractivity contribution in [1.29, 1.82) is 5.26 Å². The number of amidine groups is 1. The van der Waals surface area contributed by atoms with Crippen molar-refractivity contribution in [3.8, 4) is 6.19 Å². The van der Waals surface area contributed by atoms with Gasteiger partial charge in [0.15, 0.2) is 0 Å². The molecule has 1 rings (SSSR count). The van der Waals surface area contributed by atoms with Gasteiger partial charge in [0, 0.05) is 18.3 Å². The number of thioether (sulfide) groups is 1. The van der Waals surface area contributed by atoms with Gasteiger partial charge in [-0.15, -0.1) is 0 Å². The van der Waals surface area contributed by atoms with Gasteiger partial charge in [-0.1, -0.05) is 6.07 Å². The molecule has 0 saturated heterocycles. The van der Waals surface area contributed by atoms with Crippen molar-refractivity contribution in [2.45, 2.75) is 11.7 Å². The summed E-state index contributed by atoms with van der Waals surface area (Å²) in [6.07, 6.45) is 6.07. The van der Waals surface area contributed by atoms with Crippen molar-refractivity contribution >= 4 is 17.6 Å². The van der Waals surface area contributed by atoms with Crippen molar-refractivity contribution in [3.05, 3.63) is 30.1 Å². The fraction of sp³-hybridized carbons (Fsp3) is 0.300. The van der Waals surface area contributed by atoms with Gasteiger partial charge in [0.25, 0.3) is 0 Å². The van der Waals surface area contributed by atoms with E-state index in [-0.39, 0.29) is 5.25 Å². The number of aliphatic imine (C=N–C) groups is 1. The lowest BCUT2D eigenvalue weighted by Crippen LogP contribution is -2.28. The summed E-state index contributed by atoms with van der Waals surface area (Å²) in [4.78, 5) is 7.75. The lowest BCUT2D eigenvalue weighted by Gasteiger charge is -2.11. The number of hydrogen-bond acceptors (Lipinski definition) is 4. The molecule has 0 aromatic carbocycles. The minimum Gasteiger partial charge on any atom is -0.385 e. The Labute approximate surface area is 93.2 Å². The predicted molar refractivity (Wildman–Crippen MR) is 62.5 cm³/mol. The van der Waals surface area contributed by atoms with Crippen LogP contribution in [0.3, 0.4) is 0 Å². The summed E-state index contributed by atoms with van der Waals surface area (Å²) < 4.78 is 0. The van der Waals surface area contributed by atoms with Crippen LogP contribution in [0.2, 0.25) is 0 Å². The van der Waals surface area contributed by atoms with Crippen LogP contribution in [0.15, 0.2) is 29.4 Å². The molecule has 2 N–H and O–H groups in total. The Kier molecular flexibility index (Phi) is 4.64. The minimum atomic E-state index is 0.0135. The Hall–Kier alpha value is -1.54. The second-order valence-corrected chi connectivity index (χ2v) is 3.93. The molecule has 5 heteroatoms. The van der Waals surface area contributed by atoms with Crippen molar-refractivity contribution in [2.24, 2.45) is 10.7 Å². The lowest BCUT2D eigenvalue weighted by molar-refractivity contribution is 0.978. The molecule has 0 aliphatic heterocycles. The molecular weight excluding hydrogens is 208 g/mol. The minimum absolute atomic E-state index is 0.0135. The summed E-state index contributed by atoms with van der Waals surface area (Å²) in [6.45, 7) is 0. The third-order valence-electron chi connectivity index (χ3n) is 1.91. The quantitative estimate of drug-likeness (QED) is 0.470. The molecule has 78 valence electrons. The van der Waals surface area contributed by atoms with Gasteiger partial charge in [0.05, 0.1) is 5.25 Å². The molecule has 1 aromatic rings. The number of nitrogens with zero attached hydrogens (tertiary/aromatic N) is 3. The number of nitriles is 1. The topological polar surface area (TPSA) is 75.1 Å². The number of pyridine rings is 1. The molecule has 1 heterocycles. The van der Waals surface area contributed by atoms with Crippen LogP contribution in [0, 0.1) is 11.5 Å². The highest BCUT2D eigenvalue weighted by atomic mass is 32.2. The monoisotopic (exact) mass is 220 g/mol. The highest BCUT2D eigenvalue weighted by molar-refractivity contribution is 7.99. The molecule has 0 spiro atoms. The Morgan fingerprint density at radius 3 is 3.07 bits per heavy atom. The molecule has 0 fully saturated rings. The maximum Gasteiger partial charge on any atom is 0.207 e. The van der Waals surface area contributed by atoms with Crippen LogP contribution in [0.1, 0.15) is 5.69 Å². The van der Waals surface area contributed by atoms with Crippen LogP contribution in [0.4, 0.5) is 0 Å². The Bertz CT molecular complexity index is 369. The molecule has 1 unspecified atom stereocenters. The van der Waals surface area contributed by atoms with E-state index >= 15 is 0 Å². The number of nitrogens with two attached hydrogens (primary N) is 1. The molecule has 0 amide bonds. The van der Waals surface area contributed by atoms with E-state index in [0.29, 0.717) is 12.3 Å². The Balaban J connectivity index is 2.71. The average Bonchev–Trinajstić information content (AvgIpc) is 2.27. The third-order valence-corrected chi connectivity index (χ3v) is 2.89. The normalized spacial score (nSPS) is 13.2. The summed E-state index contributed by atoms with van der Waals surface area (Å²) in [6, 6.07) is 5.73. The lowest BCUT2D eigenvalue weighted by atomic mass is 10.2. The van der Waals surface area contributed by atoms with Crippen molar-refractivity contribution in [3.63, 3.8) is 0 Å². The smallest absolute Gasteiger partial charge is 0.207 e. The van der Waals surface area contributed by atoms with Crippen LogP contribution >= 0.6 is 11.8 Å². The molecule has 0 bridgehead atoms. The van der Waals surface area contributed by atoms with Gasteiger partial charge in [0.1, 0.15) is 5.84 Å². The summed E-state index contributed by atoms with van der Waals surface area (Å²) in [5.74, 6) is 0.357. The van der Waals surface area contributed by atoms with Crippen molar-refractivity contribution < 1.29 is 0 Å². The van der Waals surface area contributed by atoms with E-state index in [1.807, 2.05) is 24.5 Å². The number of hydrogen-bond donors (Lipinski definition) is 1. The van der Waals surface area contributed by atoms with Crippen molar-refractivity contribution in [2.75, 3.05) is 6.26 Å². The first kappa shape index (κ1) is 11.5. The first-order chi connectivity index (χ1) is 7.27. The second-order valence-electron chi connectivity index (χ2n) is 2.89. The molecule has 0 saturated carbocycles. The highest BCUT2D eigenvalue weighted by Gasteiger charge is 2.13. The largest absolute Gasteiger partial charge is 0.385 e. The van der Waals surface area contributed by atoms with E-state index < -0.39 is 0 Å². The number of aromatic nitrogens is 1. The highest BCUT2D eigenvalue weighted by Crippen LogP contribution is 2.12. The van der Waals surface area contributed by atoms with Gasteiger partial charge in [0.2, 0.25) is 6.19 Å². The van der Waals surface area contributed by atoms with E-state index in [2.05, 4.69) is 9.98 Å². The predicted octanol–water partition coefficient (Wildman–Crippen LogP) is 1.19. The van der Waals surface area contributed by atoms with Crippen LogP contribution in [0.5, 0.6) is 0 Å². The van der Waals surface area contributed by atoms with E-state index in [1.54, 1.807) is 24.2 Å². The second kappa shape index (κ2) is 6.04. The van der Waals surface area contributed by atoms with Crippen LogP contribution < -0.4 is 5.73 Å². The van der Waals surface area contributed by atoms with E-state index in [0.717, 1.165) is 5.69 Å². The third kappa shape index (κ3) is 3.60. The zero-order chi connectivity index (χ0) is 11.1. The van der Waals surface area contributed by atoms with Crippen LogP contribution in [-0.4, -0.2) is 22.3 Å². The first-order valence-electron chi connectivity index (χ1n) is 4.42. The molecule has 0 radical (unpaired) electrons. The zero-order valence-electron chi connectivity index (χ0n) is 8.42. The van der Waals surface area contributed by atoms with Crippen molar-refractivity contribution in [1.82, 2.24) is 4.98 Å². The van der Waals surface area contributed by atoms with E-state index in [4.69, 9.17) is 11.0 Å². The van der Waals surface area contributed by atoms with Gasteiger partial charge in [-0.25, -0.2) is 0 Å². The van der Waals surface area contributed by atoms with Gasteiger partial charge < -0.3 is 5.73 Å². The van der Waals surface area contributed by atoms with Gasteiger partial charge in [-0.2, -0.15) is 22.0 Å². The van der Waals surface area contributed by atoms with Gasteiger partial charge in [-0.05, 0) is 18.4 Å². The maximum absolute atomic E-state index is 8.40. The summed E-state index contributed by atoms with van der Waals surface area (Å²) >= 11 is 1.57. The number of rotatable bonds is 4. The standard InChI is InChI=1S/C10H12N4S/c1-15-9(10(12)14-7-11)6-8-4-2-3-5-13-8/h2-5,9H,6H2,1H3,(H2,12,14). The van der Waals surface area contributed by atoms with Crippen LogP contribution in [0.25, 0.3) is 0 Å². The fourth-order valence-electron chi connectivity index (χ4n) is 1.15. The molecule has 0 aliphatic carbocycles. The average molecular weight is 220 g/mol. The van der Waals surface area contributed by atoms with E-state index in [1.165, 1.54) is 0 Å². The molecule has 4 nitrogen and oxygen atoms in total. The summed E-state index contributed by atoms with van der Waals surface area (Å²) in [5.41, 5.74) is 6.62. The Morgan fingerprint density at radius 1 is 1.73 bits per heavy atom. The van der Waals surface area contributed by atoms with Gasteiger partial charge >= 0.3 is 0 Å². The molecule has 1 aromatic heterocycles. The summed E-state index contributed by atoms with van der Waals surface area (Å²) in [7, 11) is 0. The Morgan fingerprint density at radius 2 is 2.53 bits per heavy atom. The molecule has 15 heavy (non-hydrogen) atoms. The van der Waals surface area contributed by atoms with Crippen LogP contribution in [-0.2, 0) is 6.42 Å². The SMILES string of the molecule is CSC(Cc1ccccn1)C(N)=NC#N. The molecule has 0 aliphatic rings. The zero-order valence-corrected chi connectivity index (χ0v) is 9.24. The van der Waals surface area contributed by atoms with Gasteiger partial charge in [-0.3, -0.25) is 4.98 Å². The molecule has 1 atom stereocenters. The maximum atomic E-state index is 8.40. The first-order valence-corrected chi connectivity index (χ1v) is 5.71. The van der Waals surface area contributed by atoms with E-state index in [9.17, 15) is 0 Å². The fourth-order valence-corrected chi connectivity index (χ4v) is 1.78. The summed E-state index contributed by atoms with van der Waals surface area (Å²) in [5, 5.41) is 8.42.